The average molecular weight is 264 g/mol. The first kappa shape index (κ1) is 14.1. The zero-order chi connectivity index (χ0) is 13.7. The summed E-state index contributed by atoms with van der Waals surface area (Å²) < 4.78 is 5.85. The number of hydrogen-bond acceptors (Lipinski definition) is 4. The lowest BCUT2D eigenvalue weighted by Crippen LogP contribution is -2.38. The fourth-order valence-electron chi connectivity index (χ4n) is 2.59. The van der Waals surface area contributed by atoms with Crippen molar-refractivity contribution in [3.05, 3.63) is 18.3 Å². The minimum atomic E-state index is 0.127. The predicted octanol–water partition coefficient (Wildman–Crippen LogP) is 2.61. The molecule has 0 radical (unpaired) electrons. The molecule has 1 aromatic rings. The second-order valence-electron chi connectivity index (χ2n) is 5.37. The molecule has 1 saturated heterocycles. The van der Waals surface area contributed by atoms with Crippen molar-refractivity contribution in [3.63, 3.8) is 0 Å². The van der Waals surface area contributed by atoms with Gasteiger partial charge in [0.25, 0.3) is 0 Å². The van der Waals surface area contributed by atoms with E-state index in [0.29, 0.717) is 0 Å². The molecule has 1 aliphatic rings. The molecular weight excluding hydrogens is 240 g/mol. The summed E-state index contributed by atoms with van der Waals surface area (Å²) in [5, 5.41) is 9.61. The number of nitrogens with zero attached hydrogens (tertiary/aromatic N) is 2. The molecule has 1 fully saturated rings. The van der Waals surface area contributed by atoms with Crippen LogP contribution >= 0.6 is 0 Å². The van der Waals surface area contributed by atoms with E-state index in [1.165, 1.54) is 12.8 Å². The van der Waals surface area contributed by atoms with Crippen LogP contribution in [-0.4, -0.2) is 35.4 Å². The largest absolute Gasteiger partial charge is 0.487 e. The molecule has 0 saturated carbocycles. The number of aromatic nitrogens is 1. The maximum Gasteiger partial charge on any atom is 0.171 e. The molecule has 4 heteroatoms. The Morgan fingerprint density at radius 3 is 3.00 bits per heavy atom. The van der Waals surface area contributed by atoms with Crippen LogP contribution in [0.25, 0.3) is 0 Å². The Kier molecular flexibility index (Phi) is 5.02. The highest BCUT2D eigenvalue weighted by Gasteiger charge is 2.24. The number of pyridine rings is 1. The van der Waals surface area contributed by atoms with Gasteiger partial charge < -0.3 is 14.7 Å². The van der Waals surface area contributed by atoms with E-state index in [4.69, 9.17) is 4.74 Å². The van der Waals surface area contributed by atoms with Crippen LogP contribution in [0.2, 0.25) is 0 Å². The van der Waals surface area contributed by atoms with Crippen LogP contribution in [0.1, 0.15) is 39.5 Å². The van der Waals surface area contributed by atoms with Crippen LogP contribution in [0.5, 0.6) is 5.75 Å². The molecule has 1 atom stereocenters. The van der Waals surface area contributed by atoms with E-state index in [1.54, 1.807) is 6.20 Å². The summed E-state index contributed by atoms with van der Waals surface area (Å²) in [5.74, 6) is 1.69. The SMILES string of the molecule is CC(C)Oc1cccnc1N1CCCCCC1CO. The van der Waals surface area contributed by atoms with Gasteiger partial charge in [-0.1, -0.05) is 12.8 Å². The van der Waals surface area contributed by atoms with E-state index in [9.17, 15) is 5.11 Å². The molecule has 0 aliphatic carbocycles. The van der Waals surface area contributed by atoms with Gasteiger partial charge in [0, 0.05) is 12.7 Å². The third-order valence-corrected chi connectivity index (χ3v) is 3.47. The molecule has 106 valence electrons. The summed E-state index contributed by atoms with van der Waals surface area (Å²) in [4.78, 5) is 6.70. The Balaban J connectivity index is 2.27. The average Bonchev–Trinajstić information content (AvgIpc) is 2.63. The first-order chi connectivity index (χ1) is 9.22. The van der Waals surface area contributed by atoms with E-state index < -0.39 is 0 Å². The quantitative estimate of drug-likeness (QED) is 0.908. The molecule has 0 aromatic carbocycles. The van der Waals surface area contributed by atoms with Crippen LogP contribution in [0.15, 0.2) is 18.3 Å². The van der Waals surface area contributed by atoms with E-state index in [-0.39, 0.29) is 18.8 Å². The van der Waals surface area contributed by atoms with Gasteiger partial charge in [0.15, 0.2) is 11.6 Å². The minimum Gasteiger partial charge on any atom is -0.487 e. The lowest BCUT2D eigenvalue weighted by molar-refractivity contribution is 0.236. The summed E-state index contributed by atoms with van der Waals surface area (Å²) in [6.45, 7) is 5.15. The summed E-state index contributed by atoms with van der Waals surface area (Å²) in [6.07, 6.45) is 6.49. The third kappa shape index (κ3) is 3.60. The molecule has 4 nitrogen and oxygen atoms in total. The fourth-order valence-corrected chi connectivity index (χ4v) is 2.59. The second kappa shape index (κ2) is 6.75. The third-order valence-electron chi connectivity index (χ3n) is 3.47. The standard InChI is InChI=1S/C15H24N2O2/c1-12(2)19-14-8-6-9-16-15(14)17-10-5-3-4-7-13(17)11-18/h6,8-9,12-13,18H,3-5,7,10-11H2,1-2H3. The van der Waals surface area contributed by atoms with Gasteiger partial charge >= 0.3 is 0 Å². The van der Waals surface area contributed by atoms with E-state index in [0.717, 1.165) is 31.0 Å². The van der Waals surface area contributed by atoms with Crippen molar-refractivity contribution in [3.8, 4) is 5.75 Å². The Hall–Kier alpha value is -1.29. The molecule has 0 amide bonds. The van der Waals surface area contributed by atoms with Gasteiger partial charge in [-0.2, -0.15) is 0 Å². The number of hydrogen-bond donors (Lipinski definition) is 1. The number of aliphatic hydroxyl groups is 1. The van der Waals surface area contributed by atoms with Crippen molar-refractivity contribution < 1.29 is 9.84 Å². The van der Waals surface area contributed by atoms with E-state index in [1.807, 2.05) is 26.0 Å². The lowest BCUT2D eigenvalue weighted by atomic mass is 10.1. The summed E-state index contributed by atoms with van der Waals surface area (Å²) in [6, 6.07) is 4.01. The number of rotatable bonds is 4. The van der Waals surface area contributed by atoms with E-state index >= 15 is 0 Å². The van der Waals surface area contributed by atoms with Gasteiger partial charge in [-0.05, 0) is 38.8 Å². The maximum absolute atomic E-state index is 9.61. The fraction of sp³-hybridized carbons (Fsp3) is 0.667. The Morgan fingerprint density at radius 1 is 1.42 bits per heavy atom. The second-order valence-corrected chi connectivity index (χ2v) is 5.37. The van der Waals surface area contributed by atoms with Crippen LogP contribution in [0.4, 0.5) is 5.82 Å². The van der Waals surface area contributed by atoms with Crippen LogP contribution in [0, 0.1) is 0 Å². The van der Waals surface area contributed by atoms with Crippen molar-refractivity contribution in [1.29, 1.82) is 0 Å². The molecule has 0 spiro atoms. The molecule has 1 N–H and O–H groups in total. The summed E-state index contributed by atoms with van der Waals surface area (Å²) in [7, 11) is 0. The smallest absolute Gasteiger partial charge is 0.171 e. The number of aliphatic hydroxyl groups excluding tert-OH is 1. The van der Waals surface area contributed by atoms with Gasteiger partial charge in [0.1, 0.15) is 0 Å². The first-order valence-electron chi connectivity index (χ1n) is 7.21. The zero-order valence-corrected chi connectivity index (χ0v) is 11.9. The maximum atomic E-state index is 9.61. The Morgan fingerprint density at radius 2 is 2.26 bits per heavy atom. The van der Waals surface area contributed by atoms with Crippen molar-refractivity contribution >= 4 is 5.82 Å². The number of anilines is 1. The molecule has 2 heterocycles. The van der Waals surface area contributed by atoms with Crippen molar-refractivity contribution in [1.82, 2.24) is 4.98 Å². The highest BCUT2D eigenvalue weighted by Crippen LogP contribution is 2.30. The molecule has 19 heavy (non-hydrogen) atoms. The predicted molar refractivity (Wildman–Crippen MR) is 76.7 cm³/mol. The molecule has 0 bridgehead atoms. The van der Waals surface area contributed by atoms with Crippen molar-refractivity contribution in [2.24, 2.45) is 0 Å². The highest BCUT2D eigenvalue weighted by molar-refractivity contribution is 5.53. The lowest BCUT2D eigenvalue weighted by Gasteiger charge is -2.31. The topological polar surface area (TPSA) is 45.6 Å². The molecule has 1 unspecified atom stereocenters. The van der Waals surface area contributed by atoms with Gasteiger partial charge in [-0.3, -0.25) is 0 Å². The number of ether oxygens (including phenoxy) is 1. The summed E-state index contributed by atoms with van der Waals surface area (Å²) in [5.41, 5.74) is 0. The van der Waals surface area contributed by atoms with Gasteiger partial charge in [-0.25, -0.2) is 4.98 Å². The van der Waals surface area contributed by atoms with Crippen LogP contribution < -0.4 is 9.64 Å². The normalized spacial score (nSPS) is 20.4. The zero-order valence-electron chi connectivity index (χ0n) is 11.9. The van der Waals surface area contributed by atoms with Crippen molar-refractivity contribution in [2.75, 3.05) is 18.1 Å². The highest BCUT2D eigenvalue weighted by atomic mass is 16.5. The molecular formula is C15H24N2O2. The van der Waals surface area contributed by atoms with E-state index in [2.05, 4.69) is 9.88 Å². The monoisotopic (exact) mass is 264 g/mol. The molecule has 1 aromatic heterocycles. The van der Waals surface area contributed by atoms with Gasteiger partial charge in [0.2, 0.25) is 0 Å². The minimum absolute atomic E-state index is 0.127. The molecule has 2 rings (SSSR count). The first-order valence-corrected chi connectivity index (χ1v) is 7.21. The van der Waals surface area contributed by atoms with Crippen molar-refractivity contribution in [2.45, 2.75) is 51.7 Å². The Labute approximate surface area is 115 Å². The van der Waals surface area contributed by atoms with Crippen LogP contribution in [-0.2, 0) is 0 Å². The Bertz CT molecular complexity index is 395. The molecule has 1 aliphatic heterocycles. The van der Waals surface area contributed by atoms with Crippen LogP contribution in [0.3, 0.4) is 0 Å². The van der Waals surface area contributed by atoms with Gasteiger partial charge in [-0.15, -0.1) is 0 Å². The summed E-state index contributed by atoms with van der Waals surface area (Å²) >= 11 is 0. The van der Waals surface area contributed by atoms with Gasteiger partial charge in [0.05, 0.1) is 18.8 Å².